The molecule has 0 fully saturated rings. The first-order valence-electron chi connectivity index (χ1n) is 4.85. The van der Waals surface area contributed by atoms with Crippen LogP contribution in [0.3, 0.4) is 0 Å². The minimum absolute atomic E-state index is 0.110. The number of fused-ring (bicyclic) bond motifs is 1. The van der Waals surface area contributed by atoms with Crippen molar-refractivity contribution in [3.63, 3.8) is 0 Å². The van der Waals surface area contributed by atoms with Gasteiger partial charge in [0, 0.05) is 17.8 Å². The number of nitrogens with zero attached hydrogens (tertiary/aromatic N) is 1. The normalized spacial score (nSPS) is 19.3. The summed E-state index contributed by atoms with van der Waals surface area (Å²) in [6.07, 6.45) is -0.110. The molecule has 1 heterocycles. The monoisotopic (exact) mass is 245 g/mol. The summed E-state index contributed by atoms with van der Waals surface area (Å²) >= 11 is 12.3. The molecule has 0 amide bonds. The van der Waals surface area contributed by atoms with Crippen molar-refractivity contribution >= 4 is 34.8 Å². The van der Waals surface area contributed by atoms with Crippen molar-refractivity contribution < 1.29 is 0 Å². The first kappa shape index (κ1) is 10.9. The van der Waals surface area contributed by atoms with E-state index in [1.54, 1.807) is 4.42 Å². The SMILES string of the molecule is CC(C)NC1Nc2cccc(Cl)c2N1Cl. The highest BCUT2D eigenvalue weighted by atomic mass is 35.5. The van der Waals surface area contributed by atoms with Crippen LogP contribution in [-0.4, -0.2) is 12.3 Å². The number of hydrogen-bond donors (Lipinski definition) is 2. The number of anilines is 2. The van der Waals surface area contributed by atoms with Crippen LogP contribution in [0.2, 0.25) is 5.02 Å². The molecule has 0 bridgehead atoms. The Morgan fingerprint density at radius 1 is 1.47 bits per heavy atom. The Hall–Kier alpha value is -0.640. The van der Waals surface area contributed by atoms with E-state index >= 15 is 0 Å². The van der Waals surface area contributed by atoms with Crippen LogP contribution in [0.15, 0.2) is 18.2 Å². The van der Waals surface area contributed by atoms with Gasteiger partial charge in [-0.3, -0.25) is 5.32 Å². The summed E-state index contributed by atoms with van der Waals surface area (Å²) in [4.78, 5) is 0. The molecule has 1 atom stereocenters. The van der Waals surface area contributed by atoms with Crippen LogP contribution in [0, 0.1) is 0 Å². The van der Waals surface area contributed by atoms with Crippen LogP contribution in [-0.2, 0) is 0 Å². The van der Waals surface area contributed by atoms with E-state index in [0.29, 0.717) is 11.1 Å². The molecule has 2 rings (SSSR count). The molecule has 1 aliphatic heterocycles. The van der Waals surface area contributed by atoms with Gasteiger partial charge in [-0.25, -0.2) is 4.42 Å². The molecule has 0 radical (unpaired) electrons. The Kier molecular flexibility index (Phi) is 2.96. The summed E-state index contributed by atoms with van der Waals surface area (Å²) in [6.45, 7) is 4.13. The Bertz CT molecular complexity index is 368. The molecule has 5 heteroatoms. The van der Waals surface area contributed by atoms with Crippen molar-refractivity contribution in [2.75, 3.05) is 9.74 Å². The van der Waals surface area contributed by atoms with Gasteiger partial charge in [0.05, 0.1) is 16.4 Å². The third-order valence-electron chi connectivity index (χ3n) is 2.21. The van der Waals surface area contributed by atoms with Gasteiger partial charge in [0.25, 0.3) is 0 Å². The predicted molar refractivity (Wildman–Crippen MR) is 65.5 cm³/mol. The lowest BCUT2D eigenvalue weighted by atomic mass is 10.3. The zero-order valence-corrected chi connectivity index (χ0v) is 10.1. The van der Waals surface area contributed by atoms with Gasteiger partial charge in [-0.15, -0.1) is 0 Å². The predicted octanol–water partition coefficient (Wildman–Crippen LogP) is 3.01. The number of para-hydroxylation sites is 1. The van der Waals surface area contributed by atoms with Gasteiger partial charge in [-0.2, -0.15) is 0 Å². The molecule has 0 saturated heterocycles. The number of nitrogens with one attached hydrogen (secondary N) is 2. The largest absolute Gasteiger partial charge is 0.350 e. The van der Waals surface area contributed by atoms with Crippen LogP contribution >= 0.6 is 23.4 Å². The molecule has 3 nitrogen and oxygen atoms in total. The quantitative estimate of drug-likeness (QED) is 0.785. The second-order valence-electron chi connectivity index (χ2n) is 3.82. The molecule has 0 aromatic heterocycles. The Balaban J connectivity index is 2.25. The highest BCUT2D eigenvalue weighted by Crippen LogP contribution is 2.40. The fourth-order valence-electron chi connectivity index (χ4n) is 1.60. The summed E-state index contributed by atoms with van der Waals surface area (Å²) in [5.41, 5.74) is 1.79. The van der Waals surface area contributed by atoms with Gasteiger partial charge in [0.15, 0.2) is 6.29 Å². The average Bonchev–Trinajstić information content (AvgIpc) is 2.44. The third-order valence-corrected chi connectivity index (χ3v) is 2.88. The number of rotatable bonds is 2. The molecule has 1 aromatic carbocycles. The average molecular weight is 246 g/mol. The molecule has 0 spiro atoms. The summed E-state index contributed by atoms with van der Waals surface area (Å²) < 4.78 is 1.59. The van der Waals surface area contributed by atoms with Crippen molar-refractivity contribution in [1.82, 2.24) is 5.32 Å². The van der Waals surface area contributed by atoms with Gasteiger partial charge in [-0.1, -0.05) is 17.7 Å². The van der Waals surface area contributed by atoms with Crippen LogP contribution in [0.5, 0.6) is 0 Å². The molecule has 15 heavy (non-hydrogen) atoms. The van der Waals surface area contributed by atoms with Crippen molar-refractivity contribution in [3.05, 3.63) is 23.2 Å². The first-order valence-corrected chi connectivity index (χ1v) is 5.57. The van der Waals surface area contributed by atoms with Gasteiger partial charge in [0.2, 0.25) is 0 Å². The maximum absolute atomic E-state index is 6.18. The zero-order valence-electron chi connectivity index (χ0n) is 8.59. The topological polar surface area (TPSA) is 27.3 Å². The molecular formula is C10H13Cl2N3. The van der Waals surface area contributed by atoms with E-state index in [1.165, 1.54) is 0 Å². The lowest BCUT2D eigenvalue weighted by molar-refractivity contribution is 0.524. The van der Waals surface area contributed by atoms with Gasteiger partial charge < -0.3 is 5.32 Å². The Morgan fingerprint density at radius 2 is 2.20 bits per heavy atom. The van der Waals surface area contributed by atoms with E-state index in [4.69, 9.17) is 23.4 Å². The highest BCUT2D eigenvalue weighted by molar-refractivity contribution is 6.38. The van der Waals surface area contributed by atoms with Crippen molar-refractivity contribution in [1.29, 1.82) is 0 Å². The number of benzene rings is 1. The summed E-state index contributed by atoms with van der Waals surface area (Å²) in [7, 11) is 0. The van der Waals surface area contributed by atoms with E-state index in [1.807, 2.05) is 18.2 Å². The van der Waals surface area contributed by atoms with E-state index in [0.717, 1.165) is 11.4 Å². The molecule has 0 aliphatic carbocycles. The van der Waals surface area contributed by atoms with Crippen LogP contribution < -0.4 is 15.1 Å². The van der Waals surface area contributed by atoms with Crippen molar-refractivity contribution in [2.24, 2.45) is 0 Å². The second-order valence-corrected chi connectivity index (χ2v) is 4.59. The second kappa shape index (κ2) is 4.08. The Morgan fingerprint density at radius 3 is 2.80 bits per heavy atom. The number of halogens is 2. The van der Waals surface area contributed by atoms with Crippen LogP contribution in [0.1, 0.15) is 13.8 Å². The van der Waals surface area contributed by atoms with E-state index < -0.39 is 0 Å². The lowest BCUT2D eigenvalue weighted by Gasteiger charge is -2.22. The van der Waals surface area contributed by atoms with Gasteiger partial charge >= 0.3 is 0 Å². The molecule has 1 unspecified atom stereocenters. The lowest BCUT2D eigenvalue weighted by Crippen LogP contribution is -2.46. The third kappa shape index (κ3) is 2.00. The smallest absolute Gasteiger partial charge is 0.170 e. The molecule has 0 saturated carbocycles. The number of hydrogen-bond acceptors (Lipinski definition) is 3. The van der Waals surface area contributed by atoms with Gasteiger partial charge in [-0.05, 0) is 26.0 Å². The molecular weight excluding hydrogens is 233 g/mol. The molecule has 82 valence electrons. The Labute approximate surface area is 99.5 Å². The van der Waals surface area contributed by atoms with Gasteiger partial charge in [0.1, 0.15) is 0 Å². The van der Waals surface area contributed by atoms with Crippen LogP contribution in [0.4, 0.5) is 11.4 Å². The molecule has 2 N–H and O–H groups in total. The van der Waals surface area contributed by atoms with Crippen molar-refractivity contribution in [3.8, 4) is 0 Å². The minimum atomic E-state index is -0.110. The highest BCUT2D eigenvalue weighted by Gasteiger charge is 2.29. The van der Waals surface area contributed by atoms with Crippen molar-refractivity contribution in [2.45, 2.75) is 26.2 Å². The first-order chi connectivity index (χ1) is 7.09. The standard InChI is InChI=1S/C10H13Cl2N3/c1-6(2)13-10-14-8-5-3-4-7(11)9(8)15(10)12/h3-6,10,13-14H,1-2H3. The van der Waals surface area contributed by atoms with Crippen LogP contribution in [0.25, 0.3) is 0 Å². The molecule has 1 aliphatic rings. The zero-order chi connectivity index (χ0) is 11.0. The minimum Gasteiger partial charge on any atom is -0.350 e. The summed E-state index contributed by atoms with van der Waals surface area (Å²) in [6, 6.07) is 6.03. The maximum Gasteiger partial charge on any atom is 0.170 e. The van der Waals surface area contributed by atoms with E-state index in [9.17, 15) is 0 Å². The summed E-state index contributed by atoms with van der Waals surface area (Å²) in [5, 5.41) is 7.20. The maximum atomic E-state index is 6.18. The fourth-order valence-corrected chi connectivity index (χ4v) is 2.20. The molecule has 1 aromatic rings. The summed E-state index contributed by atoms with van der Waals surface area (Å²) in [5.74, 6) is 0. The van der Waals surface area contributed by atoms with E-state index in [-0.39, 0.29) is 6.29 Å². The fraction of sp³-hybridized carbons (Fsp3) is 0.400. The van der Waals surface area contributed by atoms with E-state index in [2.05, 4.69) is 24.5 Å².